The van der Waals surface area contributed by atoms with Crippen molar-refractivity contribution in [3.8, 4) is 11.1 Å². The molecule has 0 unspecified atom stereocenters. The molecule has 4 heteroatoms. The average molecular weight is 527 g/mol. The maximum atomic E-state index is 14.6. The molecule has 0 saturated carbocycles. The van der Waals surface area contributed by atoms with Crippen LogP contribution in [0.4, 0.5) is 8.78 Å². The van der Waals surface area contributed by atoms with Crippen molar-refractivity contribution in [2.24, 2.45) is 0 Å². The molecule has 0 spiro atoms. The molecule has 5 aromatic carbocycles. The summed E-state index contributed by atoms with van der Waals surface area (Å²) in [5.74, 6) is -0.748. The third-order valence-corrected chi connectivity index (χ3v) is 7.48. The highest BCUT2D eigenvalue weighted by Gasteiger charge is 2.38. The fourth-order valence-electron chi connectivity index (χ4n) is 5.62. The summed E-state index contributed by atoms with van der Waals surface area (Å²) >= 11 is 0. The van der Waals surface area contributed by atoms with Crippen LogP contribution in [0.3, 0.4) is 0 Å². The standard InChI is InChI=1S/C36H28F2N2/c37-31-22-20-27(34(24-31)33-18-10-11-19-35(33)38)21-23-32-25-40(26-39-32)36(28-12-4-1-5-13-28,29-14-6-2-7-15-29)30-16-8-3-9-17-30/h1-20,22,24-26H,21,23H2. The lowest BCUT2D eigenvalue weighted by atomic mass is 9.77. The fraction of sp³-hybridized carbons (Fsp3) is 0.0833. The van der Waals surface area contributed by atoms with Gasteiger partial charge >= 0.3 is 0 Å². The van der Waals surface area contributed by atoms with Gasteiger partial charge < -0.3 is 4.57 Å². The second-order valence-corrected chi connectivity index (χ2v) is 9.86. The molecule has 1 aromatic heterocycles. The van der Waals surface area contributed by atoms with Gasteiger partial charge in [0.2, 0.25) is 0 Å². The topological polar surface area (TPSA) is 17.8 Å². The van der Waals surface area contributed by atoms with Gasteiger partial charge in [-0.15, -0.1) is 0 Å². The van der Waals surface area contributed by atoms with Crippen LogP contribution in [-0.2, 0) is 18.4 Å². The van der Waals surface area contributed by atoms with Crippen molar-refractivity contribution in [3.63, 3.8) is 0 Å². The summed E-state index contributed by atoms with van der Waals surface area (Å²) in [5.41, 5.74) is 5.48. The van der Waals surface area contributed by atoms with Gasteiger partial charge in [0.15, 0.2) is 0 Å². The number of nitrogens with zero attached hydrogens (tertiary/aromatic N) is 2. The molecule has 0 atom stereocenters. The predicted octanol–water partition coefficient (Wildman–Crippen LogP) is 8.45. The molecule has 6 rings (SSSR count). The molecule has 0 aliphatic rings. The highest BCUT2D eigenvalue weighted by Crippen LogP contribution is 2.41. The maximum absolute atomic E-state index is 14.6. The number of benzene rings is 5. The van der Waals surface area contributed by atoms with Gasteiger partial charge in [-0.3, -0.25) is 0 Å². The molecule has 196 valence electrons. The summed E-state index contributed by atoms with van der Waals surface area (Å²) in [4.78, 5) is 4.83. The van der Waals surface area contributed by atoms with Gasteiger partial charge in [0.1, 0.15) is 17.2 Å². The van der Waals surface area contributed by atoms with Gasteiger partial charge in [-0.25, -0.2) is 13.8 Å². The van der Waals surface area contributed by atoms with Gasteiger partial charge in [0.25, 0.3) is 0 Å². The van der Waals surface area contributed by atoms with E-state index in [-0.39, 0.29) is 11.6 Å². The second-order valence-electron chi connectivity index (χ2n) is 9.86. The molecule has 0 fully saturated rings. The Morgan fingerprint density at radius 1 is 0.575 bits per heavy atom. The van der Waals surface area contributed by atoms with Crippen LogP contribution in [0.2, 0.25) is 0 Å². The van der Waals surface area contributed by atoms with E-state index in [1.54, 1.807) is 24.3 Å². The lowest BCUT2D eigenvalue weighted by molar-refractivity contribution is 0.514. The number of halogens is 2. The number of imidazole rings is 1. The zero-order valence-electron chi connectivity index (χ0n) is 21.9. The smallest absolute Gasteiger partial charge is 0.131 e. The van der Waals surface area contributed by atoms with Crippen molar-refractivity contribution >= 4 is 0 Å². The Morgan fingerprint density at radius 3 is 1.70 bits per heavy atom. The minimum absolute atomic E-state index is 0.364. The van der Waals surface area contributed by atoms with E-state index in [4.69, 9.17) is 4.98 Å². The minimum Gasteiger partial charge on any atom is -0.319 e. The first-order valence-corrected chi connectivity index (χ1v) is 13.4. The third kappa shape index (κ3) is 4.73. The van der Waals surface area contributed by atoms with Crippen molar-refractivity contribution in [3.05, 3.63) is 186 Å². The molecule has 0 N–H and O–H groups in total. The summed E-state index contributed by atoms with van der Waals surface area (Å²) in [6.45, 7) is 0. The quantitative estimate of drug-likeness (QED) is 0.182. The molecule has 6 aromatic rings. The van der Waals surface area contributed by atoms with E-state index in [1.807, 2.05) is 24.5 Å². The molecular weight excluding hydrogens is 498 g/mol. The fourth-order valence-corrected chi connectivity index (χ4v) is 5.62. The Kier molecular flexibility index (Phi) is 7.07. The van der Waals surface area contributed by atoms with E-state index in [0.29, 0.717) is 24.0 Å². The lowest BCUT2D eigenvalue weighted by Crippen LogP contribution is -2.36. The molecule has 0 aliphatic carbocycles. The maximum Gasteiger partial charge on any atom is 0.131 e. The Bertz CT molecular complexity index is 1610. The normalized spacial score (nSPS) is 11.4. The van der Waals surface area contributed by atoms with Crippen molar-refractivity contribution in [2.45, 2.75) is 18.4 Å². The minimum atomic E-state index is -0.636. The van der Waals surface area contributed by atoms with Crippen LogP contribution in [0.25, 0.3) is 11.1 Å². The van der Waals surface area contributed by atoms with Crippen LogP contribution >= 0.6 is 0 Å². The summed E-state index contributed by atoms with van der Waals surface area (Å²) in [7, 11) is 0. The molecule has 0 bridgehead atoms. The SMILES string of the molecule is Fc1ccc(CCc2cn(C(c3ccccc3)(c3ccccc3)c3ccccc3)cn2)c(-c2ccccc2F)c1. The van der Waals surface area contributed by atoms with E-state index in [9.17, 15) is 8.78 Å². The molecule has 2 nitrogen and oxygen atoms in total. The largest absolute Gasteiger partial charge is 0.319 e. The first-order chi connectivity index (χ1) is 19.7. The molecule has 0 saturated heterocycles. The number of hydrogen-bond donors (Lipinski definition) is 0. The predicted molar refractivity (Wildman–Crippen MR) is 156 cm³/mol. The van der Waals surface area contributed by atoms with Crippen LogP contribution in [-0.4, -0.2) is 9.55 Å². The van der Waals surface area contributed by atoms with Crippen molar-refractivity contribution in [1.29, 1.82) is 0 Å². The second kappa shape index (κ2) is 11.1. The Hall–Kier alpha value is -4.83. The van der Waals surface area contributed by atoms with Crippen LogP contribution in [0.5, 0.6) is 0 Å². The van der Waals surface area contributed by atoms with Crippen LogP contribution in [0.1, 0.15) is 27.9 Å². The summed E-state index contributed by atoms with van der Waals surface area (Å²) in [5, 5.41) is 0. The molecule has 1 heterocycles. The Balaban J connectivity index is 1.41. The Labute approximate surface area is 233 Å². The number of rotatable bonds is 8. The zero-order chi connectivity index (χ0) is 27.4. The summed E-state index contributed by atoms with van der Waals surface area (Å²) < 4.78 is 31.0. The molecular formula is C36H28F2N2. The number of aryl methyl sites for hydroxylation is 2. The van der Waals surface area contributed by atoms with Crippen molar-refractivity contribution < 1.29 is 8.78 Å². The molecule has 0 amide bonds. The lowest BCUT2D eigenvalue weighted by Gasteiger charge is -2.37. The van der Waals surface area contributed by atoms with Gasteiger partial charge in [0, 0.05) is 11.8 Å². The highest BCUT2D eigenvalue weighted by molar-refractivity contribution is 5.68. The molecule has 0 radical (unpaired) electrons. The van der Waals surface area contributed by atoms with Crippen molar-refractivity contribution in [2.75, 3.05) is 0 Å². The first-order valence-electron chi connectivity index (χ1n) is 13.4. The molecule has 40 heavy (non-hydrogen) atoms. The van der Waals surface area contributed by atoms with Crippen LogP contribution in [0.15, 0.2) is 146 Å². The van der Waals surface area contributed by atoms with E-state index in [0.717, 1.165) is 27.9 Å². The highest BCUT2D eigenvalue weighted by atomic mass is 19.1. The summed E-state index contributed by atoms with van der Waals surface area (Å²) in [6, 6.07) is 42.5. The van der Waals surface area contributed by atoms with E-state index < -0.39 is 5.54 Å². The van der Waals surface area contributed by atoms with Crippen molar-refractivity contribution in [1.82, 2.24) is 9.55 Å². The van der Waals surface area contributed by atoms with Gasteiger partial charge in [-0.1, -0.05) is 115 Å². The zero-order valence-corrected chi connectivity index (χ0v) is 21.9. The first kappa shape index (κ1) is 25.4. The van der Waals surface area contributed by atoms with E-state index >= 15 is 0 Å². The molecule has 0 aliphatic heterocycles. The van der Waals surface area contributed by atoms with E-state index in [1.165, 1.54) is 18.2 Å². The monoisotopic (exact) mass is 526 g/mol. The van der Waals surface area contributed by atoms with E-state index in [2.05, 4.69) is 83.6 Å². The van der Waals surface area contributed by atoms with Gasteiger partial charge in [-0.2, -0.15) is 0 Å². The third-order valence-electron chi connectivity index (χ3n) is 7.48. The van der Waals surface area contributed by atoms with Gasteiger partial charge in [-0.05, 0) is 58.9 Å². The average Bonchev–Trinajstić information content (AvgIpc) is 3.48. The summed E-state index contributed by atoms with van der Waals surface area (Å²) in [6.07, 6.45) is 5.20. The number of aromatic nitrogens is 2. The van der Waals surface area contributed by atoms with Gasteiger partial charge in [0.05, 0.1) is 12.0 Å². The number of hydrogen-bond acceptors (Lipinski definition) is 1. The Morgan fingerprint density at radius 2 is 1.12 bits per heavy atom. The van der Waals surface area contributed by atoms with Crippen LogP contribution < -0.4 is 0 Å². The van der Waals surface area contributed by atoms with Crippen LogP contribution in [0, 0.1) is 11.6 Å².